The molecule has 0 spiro atoms. The Morgan fingerprint density at radius 2 is 1.65 bits per heavy atom. The number of benzene rings is 1. The second-order valence-corrected chi connectivity index (χ2v) is 5.82. The van der Waals surface area contributed by atoms with Crippen LogP contribution in [0.1, 0.15) is 27.7 Å². The second kappa shape index (κ2) is 5.11. The number of carboxylic acids is 1. The van der Waals surface area contributed by atoms with Gasteiger partial charge in [-0.25, -0.2) is 0 Å². The van der Waals surface area contributed by atoms with Crippen molar-refractivity contribution < 1.29 is 23.9 Å². The Labute approximate surface area is 119 Å². The molecule has 1 heterocycles. The lowest BCUT2D eigenvalue weighted by molar-refractivity contribution is -0.307. The van der Waals surface area contributed by atoms with Crippen LogP contribution >= 0.6 is 0 Å². The molecule has 0 saturated carbocycles. The van der Waals surface area contributed by atoms with E-state index in [1.165, 1.54) is 0 Å². The summed E-state index contributed by atoms with van der Waals surface area (Å²) in [5.41, 5.74) is 0.0911. The molecule has 1 fully saturated rings. The van der Waals surface area contributed by atoms with Gasteiger partial charge >= 0.3 is 7.12 Å². The number of hydrogen-bond donors (Lipinski definition) is 0. The molecule has 1 saturated heterocycles. The first-order chi connectivity index (χ1) is 9.21. The number of ether oxygens (including phenoxy) is 1. The Morgan fingerprint density at radius 3 is 2.10 bits per heavy atom. The Bertz CT molecular complexity index is 479. The van der Waals surface area contributed by atoms with Gasteiger partial charge in [-0.15, -0.1) is 0 Å². The molecule has 20 heavy (non-hydrogen) atoms. The van der Waals surface area contributed by atoms with Gasteiger partial charge in [-0.1, -0.05) is 12.1 Å². The molecule has 0 amide bonds. The minimum Gasteiger partial charge on any atom is -0.546 e. The third-order valence-electron chi connectivity index (χ3n) is 3.76. The van der Waals surface area contributed by atoms with E-state index in [1.54, 1.807) is 24.3 Å². The highest BCUT2D eigenvalue weighted by Crippen LogP contribution is 2.36. The van der Waals surface area contributed by atoms with Crippen molar-refractivity contribution in [3.63, 3.8) is 0 Å². The van der Waals surface area contributed by atoms with Crippen LogP contribution < -0.4 is 15.3 Å². The van der Waals surface area contributed by atoms with Crippen LogP contribution in [-0.4, -0.2) is 30.9 Å². The third-order valence-corrected chi connectivity index (χ3v) is 3.76. The van der Waals surface area contributed by atoms with E-state index in [-0.39, 0.29) is 11.2 Å². The fourth-order valence-corrected chi connectivity index (χ4v) is 1.84. The van der Waals surface area contributed by atoms with E-state index in [2.05, 4.69) is 0 Å². The molecule has 5 nitrogen and oxygen atoms in total. The average Bonchev–Trinajstić information content (AvgIpc) is 2.56. The summed E-state index contributed by atoms with van der Waals surface area (Å²) in [5, 5.41) is 10.3. The van der Waals surface area contributed by atoms with E-state index in [4.69, 9.17) is 14.0 Å². The molecule has 6 heteroatoms. The van der Waals surface area contributed by atoms with E-state index >= 15 is 0 Å². The molecular weight excluding hydrogens is 259 g/mol. The highest BCUT2D eigenvalue weighted by atomic mass is 16.7. The first-order valence-corrected chi connectivity index (χ1v) is 6.49. The van der Waals surface area contributed by atoms with Crippen molar-refractivity contribution in [2.75, 3.05) is 6.61 Å². The predicted octanol–water partition coefficient (Wildman–Crippen LogP) is 0.115. The number of rotatable bonds is 4. The lowest BCUT2D eigenvalue weighted by Crippen LogP contribution is -2.41. The van der Waals surface area contributed by atoms with Gasteiger partial charge in [-0.2, -0.15) is 0 Å². The Morgan fingerprint density at radius 1 is 1.15 bits per heavy atom. The molecule has 1 aliphatic heterocycles. The molecule has 0 unspecified atom stereocenters. The number of carboxylic acid groups (broad SMARTS) is 1. The monoisotopic (exact) mass is 277 g/mol. The van der Waals surface area contributed by atoms with Gasteiger partial charge in [0.1, 0.15) is 12.4 Å². The zero-order valence-electron chi connectivity index (χ0n) is 12.1. The minimum atomic E-state index is -1.25. The summed E-state index contributed by atoms with van der Waals surface area (Å²) in [7, 11) is -0.435. The molecular formula is C14H18BO5-. The molecule has 0 radical (unpaired) electrons. The van der Waals surface area contributed by atoms with Crippen molar-refractivity contribution in [2.24, 2.45) is 0 Å². The summed E-state index contributed by atoms with van der Waals surface area (Å²) in [6.45, 7) is 7.50. The first kappa shape index (κ1) is 14.9. The van der Waals surface area contributed by atoms with Gasteiger partial charge in [0.2, 0.25) is 0 Å². The van der Waals surface area contributed by atoms with Crippen molar-refractivity contribution in [2.45, 2.75) is 38.9 Å². The zero-order valence-corrected chi connectivity index (χ0v) is 12.1. The van der Waals surface area contributed by atoms with Crippen molar-refractivity contribution in [3.8, 4) is 5.75 Å². The van der Waals surface area contributed by atoms with Crippen molar-refractivity contribution in [1.82, 2.24) is 0 Å². The van der Waals surface area contributed by atoms with Crippen molar-refractivity contribution >= 4 is 18.6 Å². The topological polar surface area (TPSA) is 67.8 Å². The van der Waals surface area contributed by atoms with Gasteiger partial charge in [0.15, 0.2) is 0 Å². The molecule has 1 aromatic rings. The van der Waals surface area contributed by atoms with Crippen LogP contribution in [0.15, 0.2) is 24.3 Å². The number of carbonyl (C=O) groups is 1. The van der Waals surface area contributed by atoms with Gasteiger partial charge in [0.05, 0.1) is 17.2 Å². The molecule has 2 rings (SSSR count). The molecule has 0 bridgehead atoms. The van der Waals surface area contributed by atoms with Gasteiger partial charge in [-0.05, 0) is 45.3 Å². The molecule has 0 atom stereocenters. The van der Waals surface area contributed by atoms with Crippen LogP contribution in [0.4, 0.5) is 0 Å². The SMILES string of the molecule is CC1(C)OB(c2ccc(OCC(=O)[O-])cc2)OC1(C)C. The molecule has 0 aromatic heterocycles. The highest BCUT2D eigenvalue weighted by Gasteiger charge is 2.51. The standard InChI is InChI=1S/C14H19BO5/c1-13(2)14(3,4)20-15(19-13)10-5-7-11(8-6-10)18-9-12(16)17/h5-8H,9H2,1-4H3,(H,16,17)/p-1. The summed E-state index contributed by atoms with van der Waals surface area (Å²) in [6, 6.07) is 6.96. The maximum absolute atomic E-state index is 10.3. The van der Waals surface area contributed by atoms with Crippen LogP contribution in [0.3, 0.4) is 0 Å². The largest absolute Gasteiger partial charge is 0.546 e. The Kier molecular flexibility index (Phi) is 3.80. The summed E-state index contributed by atoms with van der Waals surface area (Å²) in [5.74, 6) is -0.783. The van der Waals surface area contributed by atoms with Crippen molar-refractivity contribution in [1.29, 1.82) is 0 Å². The summed E-state index contributed by atoms with van der Waals surface area (Å²) < 4.78 is 16.9. The quantitative estimate of drug-likeness (QED) is 0.731. The smallest absolute Gasteiger partial charge is 0.494 e. The van der Waals surface area contributed by atoms with Crippen LogP contribution in [0.5, 0.6) is 5.75 Å². The maximum atomic E-state index is 10.3. The normalized spacial score (nSPS) is 19.9. The predicted molar refractivity (Wildman–Crippen MR) is 72.7 cm³/mol. The second-order valence-electron chi connectivity index (χ2n) is 5.82. The molecule has 1 aromatic carbocycles. The van der Waals surface area contributed by atoms with Crippen LogP contribution in [0, 0.1) is 0 Å². The lowest BCUT2D eigenvalue weighted by Gasteiger charge is -2.32. The summed E-state index contributed by atoms with van der Waals surface area (Å²) >= 11 is 0. The van der Waals surface area contributed by atoms with E-state index in [1.807, 2.05) is 27.7 Å². The molecule has 0 aliphatic carbocycles. The number of aliphatic carboxylic acids is 1. The van der Waals surface area contributed by atoms with E-state index in [0.717, 1.165) is 5.46 Å². The maximum Gasteiger partial charge on any atom is 0.494 e. The van der Waals surface area contributed by atoms with Crippen LogP contribution in [0.25, 0.3) is 0 Å². The fourth-order valence-electron chi connectivity index (χ4n) is 1.84. The van der Waals surface area contributed by atoms with Gasteiger partial charge in [-0.3, -0.25) is 0 Å². The Hall–Kier alpha value is -1.53. The number of carbonyl (C=O) groups excluding carboxylic acids is 1. The highest BCUT2D eigenvalue weighted by molar-refractivity contribution is 6.62. The van der Waals surface area contributed by atoms with Crippen LogP contribution in [0.2, 0.25) is 0 Å². The zero-order chi connectivity index (χ0) is 15.0. The van der Waals surface area contributed by atoms with Gasteiger partial charge < -0.3 is 23.9 Å². The molecule has 108 valence electrons. The van der Waals surface area contributed by atoms with Crippen molar-refractivity contribution in [3.05, 3.63) is 24.3 Å². The average molecular weight is 277 g/mol. The Balaban J connectivity index is 2.06. The van der Waals surface area contributed by atoms with E-state index in [0.29, 0.717) is 5.75 Å². The fraction of sp³-hybridized carbons (Fsp3) is 0.500. The summed E-state index contributed by atoms with van der Waals surface area (Å²) in [4.78, 5) is 10.3. The minimum absolute atomic E-state index is 0.387. The lowest BCUT2D eigenvalue weighted by atomic mass is 9.79. The third kappa shape index (κ3) is 2.97. The van der Waals surface area contributed by atoms with E-state index < -0.39 is 19.7 Å². The number of hydrogen-bond acceptors (Lipinski definition) is 5. The van der Waals surface area contributed by atoms with E-state index in [9.17, 15) is 9.90 Å². The molecule has 0 N–H and O–H groups in total. The van der Waals surface area contributed by atoms with Gasteiger partial charge in [0, 0.05) is 0 Å². The summed E-state index contributed by atoms with van der Waals surface area (Å²) in [6.07, 6.45) is 0. The van der Waals surface area contributed by atoms with Crippen LogP contribution in [-0.2, 0) is 14.1 Å². The van der Waals surface area contributed by atoms with Gasteiger partial charge in [0.25, 0.3) is 0 Å². The first-order valence-electron chi connectivity index (χ1n) is 6.49. The molecule has 1 aliphatic rings.